The summed E-state index contributed by atoms with van der Waals surface area (Å²) in [4.78, 5) is 3.63. The summed E-state index contributed by atoms with van der Waals surface area (Å²) in [6.07, 6.45) is 0. The molecule has 0 saturated heterocycles. The van der Waals surface area contributed by atoms with Crippen LogP contribution < -0.4 is 4.74 Å². The summed E-state index contributed by atoms with van der Waals surface area (Å²) in [5.41, 5.74) is 0.592. The second-order valence-corrected chi connectivity index (χ2v) is 4.32. The van der Waals surface area contributed by atoms with Gasteiger partial charge in [-0.3, -0.25) is 4.55 Å². The van der Waals surface area contributed by atoms with Gasteiger partial charge in [-0.05, 0) is 19.1 Å². The largest absolute Gasteiger partial charge is 0.494 e. The van der Waals surface area contributed by atoms with Crippen molar-refractivity contribution in [1.29, 1.82) is 0 Å². The van der Waals surface area contributed by atoms with Crippen LogP contribution in [0.15, 0.2) is 27.8 Å². The molecule has 7 heteroatoms. The topological polar surface area (TPSA) is 89.6 Å². The number of nitrogens with zero attached hydrogens (tertiary/aromatic N) is 1. The third-order valence-electron chi connectivity index (χ3n) is 1.87. The zero-order valence-electron chi connectivity index (χ0n) is 8.37. The Balaban J connectivity index is 2.54. The van der Waals surface area contributed by atoms with E-state index in [1.807, 2.05) is 6.92 Å². The van der Waals surface area contributed by atoms with Crippen molar-refractivity contribution < 1.29 is 22.1 Å². The van der Waals surface area contributed by atoms with Crippen molar-refractivity contribution in [2.24, 2.45) is 0 Å². The maximum absolute atomic E-state index is 10.8. The van der Waals surface area contributed by atoms with Gasteiger partial charge in [-0.15, -0.1) is 0 Å². The standard InChI is InChI=1S/C9H9NO5S/c1-2-14-6-3-4-7-8(5-6)15-9(10-7)16(11,12)13/h3-5H,2H2,1H3,(H,11,12,13). The first kappa shape index (κ1) is 10.9. The molecule has 0 fully saturated rings. The highest BCUT2D eigenvalue weighted by molar-refractivity contribution is 7.85. The molecule has 0 atom stereocenters. The quantitative estimate of drug-likeness (QED) is 0.821. The van der Waals surface area contributed by atoms with Crippen molar-refractivity contribution in [3.63, 3.8) is 0 Å². The lowest BCUT2D eigenvalue weighted by atomic mass is 10.3. The molecule has 0 spiro atoms. The lowest BCUT2D eigenvalue weighted by Gasteiger charge is -2.00. The van der Waals surface area contributed by atoms with Gasteiger partial charge in [0.1, 0.15) is 11.3 Å². The molecule has 0 aliphatic heterocycles. The second kappa shape index (κ2) is 3.76. The van der Waals surface area contributed by atoms with Gasteiger partial charge in [-0.25, -0.2) is 0 Å². The molecule has 2 aromatic rings. The molecular weight excluding hydrogens is 234 g/mol. The van der Waals surface area contributed by atoms with Gasteiger partial charge in [0.2, 0.25) is 0 Å². The average Bonchev–Trinajstić information content (AvgIpc) is 2.60. The summed E-state index contributed by atoms with van der Waals surface area (Å²) in [5.74, 6) is 0.549. The summed E-state index contributed by atoms with van der Waals surface area (Å²) < 4.78 is 40.4. The minimum atomic E-state index is -4.41. The second-order valence-electron chi connectivity index (χ2n) is 3.02. The van der Waals surface area contributed by atoms with E-state index >= 15 is 0 Å². The predicted octanol–water partition coefficient (Wildman–Crippen LogP) is 1.47. The molecule has 0 amide bonds. The molecule has 2 rings (SSSR count). The van der Waals surface area contributed by atoms with Crippen LogP contribution in [0.1, 0.15) is 6.92 Å². The fraction of sp³-hybridized carbons (Fsp3) is 0.222. The van der Waals surface area contributed by atoms with E-state index in [0.717, 1.165) is 0 Å². The van der Waals surface area contributed by atoms with Gasteiger partial charge in [0.25, 0.3) is 0 Å². The predicted molar refractivity (Wildman–Crippen MR) is 55.0 cm³/mol. The van der Waals surface area contributed by atoms with Gasteiger partial charge in [0.15, 0.2) is 5.58 Å². The van der Waals surface area contributed by atoms with Crippen LogP contribution in [0.2, 0.25) is 0 Å². The number of hydrogen-bond donors (Lipinski definition) is 1. The number of hydrogen-bond acceptors (Lipinski definition) is 5. The fourth-order valence-electron chi connectivity index (χ4n) is 1.25. The molecule has 0 radical (unpaired) electrons. The number of rotatable bonds is 3. The summed E-state index contributed by atoms with van der Waals surface area (Å²) >= 11 is 0. The summed E-state index contributed by atoms with van der Waals surface area (Å²) in [5, 5.41) is -0.712. The third-order valence-corrected chi connectivity index (χ3v) is 2.49. The number of benzene rings is 1. The molecular formula is C9H9NO5S. The Hall–Kier alpha value is -1.60. The van der Waals surface area contributed by atoms with Crippen LogP contribution in [0.25, 0.3) is 11.1 Å². The molecule has 6 nitrogen and oxygen atoms in total. The summed E-state index contributed by atoms with van der Waals surface area (Å²) in [6.45, 7) is 2.32. The third kappa shape index (κ3) is 2.00. The Bertz CT molecular complexity index is 616. The zero-order valence-corrected chi connectivity index (χ0v) is 9.19. The zero-order chi connectivity index (χ0) is 11.8. The Kier molecular flexibility index (Phi) is 2.56. The molecule has 0 aliphatic carbocycles. The van der Waals surface area contributed by atoms with E-state index in [4.69, 9.17) is 13.7 Å². The van der Waals surface area contributed by atoms with E-state index in [2.05, 4.69) is 4.98 Å². The highest BCUT2D eigenvalue weighted by atomic mass is 32.2. The Labute approximate surface area is 91.6 Å². The maximum atomic E-state index is 10.8. The number of ether oxygens (including phenoxy) is 1. The monoisotopic (exact) mass is 243 g/mol. The van der Waals surface area contributed by atoms with E-state index < -0.39 is 15.3 Å². The first-order valence-corrected chi connectivity index (χ1v) is 5.95. The first-order chi connectivity index (χ1) is 7.50. The Morgan fingerprint density at radius 2 is 2.25 bits per heavy atom. The normalized spacial score (nSPS) is 11.9. The van der Waals surface area contributed by atoms with Crippen molar-refractivity contribution in [1.82, 2.24) is 4.98 Å². The highest BCUT2D eigenvalue weighted by Gasteiger charge is 2.18. The lowest BCUT2D eigenvalue weighted by molar-refractivity contribution is 0.339. The van der Waals surface area contributed by atoms with Gasteiger partial charge in [-0.2, -0.15) is 13.4 Å². The molecule has 86 valence electrons. The molecule has 1 heterocycles. The van der Waals surface area contributed by atoms with Crippen molar-refractivity contribution >= 4 is 21.2 Å². The molecule has 0 bridgehead atoms. The van der Waals surface area contributed by atoms with E-state index in [1.165, 1.54) is 6.07 Å². The summed E-state index contributed by atoms with van der Waals surface area (Å²) in [7, 11) is -4.41. The molecule has 0 saturated carbocycles. The van der Waals surface area contributed by atoms with Gasteiger partial charge in [0.05, 0.1) is 6.61 Å². The highest BCUT2D eigenvalue weighted by Crippen LogP contribution is 2.23. The fourth-order valence-corrected chi connectivity index (χ4v) is 1.66. The minimum Gasteiger partial charge on any atom is -0.494 e. The van der Waals surface area contributed by atoms with Crippen LogP contribution in [0, 0.1) is 0 Å². The molecule has 0 aliphatic rings. The van der Waals surface area contributed by atoms with E-state index in [0.29, 0.717) is 17.9 Å². The SMILES string of the molecule is CCOc1ccc2nc(S(=O)(=O)O)oc2c1. The van der Waals surface area contributed by atoms with Crippen LogP contribution in [0.5, 0.6) is 5.75 Å². The molecule has 0 unspecified atom stereocenters. The summed E-state index contributed by atoms with van der Waals surface area (Å²) in [6, 6.07) is 4.71. The molecule has 1 aromatic heterocycles. The van der Waals surface area contributed by atoms with E-state index in [9.17, 15) is 8.42 Å². The van der Waals surface area contributed by atoms with Crippen LogP contribution >= 0.6 is 0 Å². The van der Waals surface area contributed by atoms with E-state index in [-0.39, 0.29) is 5.58 Å². The number of oxazole rings is 1. The van der Waals surface area contributed by atoms with Crippen LogP contribution in [0.4, 0.5) is 0 Å². The van der Waals surface area contributed by atoms with Gasteiger partial charge < -0.3 is 9.15 Å². The lowest BCUT2D eigenvalue weighted by Crippen LogP contribution is -1.97. The van der Waals surface area contributed by atoms with Crippen molar-refractivity contribution in [2.75, 3.05) is 6.61 Å². The molecule has 1 aromatic carbocycles. The van der Waals surface area contributed by atoms with Crippen LogP contribution in [-0.2, 0) is 10.1 Å². The minimum absolute atomic E-state index is 0.249. The van der Waals surface area contributed by atoms with Crippen molar-refractivity contribution in [2.45, 2.75) is 12.1 Å². The Morgan fingerprint density at radius 1 is 1.50 bits per heavy atom. The number of fused-ring (bicyclic) bond motifs is 1. The number of aromatic nitrogens is 1. The van der Waals surface area contributed by atoms with Crippen LogP contribution in [-0.4, -0.2) is 24.6 Å². The molecule has 1 N–H and O–H groups in total. The van der Waals surface area contributed by atoms with Crippen molar-refractivity contribution in [3.8, 4) is 5.75 Å². The van der Waals surface area contributed by atoms with Gasteiger partial charge >= 0.3 is 15.3 Å². The Morgan fingerprint density at radius 3 is 2.88 bits per heavy atom. The molecule has 16 heavy (non-hydrogen) atoms. The van der Waals surface area contributed by atoms with Crippen LogP contribution in [0.3, 0.4) is 0 Å². The first-order valence-electron chi connectivity index (χ1n) is 4.51. The van der Waals surface area contributed by atoms with Gasteiger partial charge in [0, 0.05) is 6.07 Å². The average molecular weight is 243 g/mol. The smallest absolute Gasteiger partial charge is 0.347 e. The van der Waals surface area contributed by atoms with E-state index in [1.54, 1.807) is 12.1 Å². The maximum Gasteiger partial charge on any atom is 0.347 e. The van der Waals surface area contributed by atoms with Crippen molar-refractivity contribution in [3.05, 3.63) is 18.2 Å². The van der Waals surface area contributed by atoms with Gasteiger partial charge in [-0.1, -0.05) is 0 Å².